The van der Waals surface area contributed by atoms with Gasteiger partial charge in [-0.1, -0.05) is 30.1 Å². The van der Waals surface area contributed by atoms with E-state index in [0.29, 0.717) is 10.0 Å². The lowest BCUT2D eigenvalue weighted by atomic mass is 9.99. The summed E-state index contributed by atoms with van der Waals surface area (Å²) in [5, 5.41) is 15.9. The highest BCUT2D eigenvalue weighted by molar-refractivity contribution is 6.42. The van der Waals surface area contributed by atoms with Crippen molar-refractivity contribution in [2.24, 2.45) is 5.92 Å². The molecular formula is C17H23Cl2NO5. The molecule has 0 aromatic heterocycles. The molecule has 140 valence electrons. The summed E-state index contributed by atoms with van der Waals surface area (Å²) in [5.41, 5.74) is 0. The molecular weight excluding hydrogens is 369 g/mol. The maximum absolute atomic E-state index is 9.10. The molecule has 1 aromatic carbocycles. The Morgan fingerprint density at radius 1 is 1.16 bits per heavy atom. The second-order valence-electron chi connectivity index (χ2n) is 5.91. The molecule has 1 aliphatic rings. The maximum atomic E-state index is 9.10. The molecule has 8 heteroatoms. The van der Waals surface area contributed by atoms with Crippen molar-refractivity contribution in [1.82, 2.24) is 4.90 Å². The molecule has 1 heterocycles. The van der Waals surface area contributed by atoms with Crippen molar-refractivity contribution in [3.63, 3.8) is 0 Å². The van der Waals surface area contributed by atoms with E-state index in [2.05, 4.69) is 11.8 Å². The number of halogens is 2. The van der Waals surface area contributed by atoms with Crippen molar-refractivity contribution in [2.45, 2.75) is 26.2 Å². The predicted molar refractivity (Wildman–Crippen MR) is 96.7 cm³/mol. The minimum absolute atomic E-state index is 0.546. The van der Waals surface area contributed by atoms with E-state index in [0.717, 1.165) is 31.2 Å². The fourth-order valence-corrected chi connectivity index (χ4v) is 2.62. The van der Waals surface area contributed by atoms with Crippen LogP contribution in [-0.2, 0) is 9.59 Å². The van der Waals surface area contributed by atoms with Gasteiger partial charge in [0.15, 0.2) is 0 Å². The third-order valence-electron chi connectivity index (χ3n) is 3.84. The molecule has 1 aliphatic heterocycles. The first kappa shape index (κ1) is 21.5. The highest BCUT2D eigenvalue weighted by atomic mass is 35.5. The average Bonchev–Trinajstić information content (AvgIpc) is 2.57. The summed E-state index contributed by atoms with van der Waals surface area (Å²) < 4.78 is 5.68. The molecule has 6 nitrogen and oxygen atoms in total. The third kappa shape index (κ3) is 8.95. The number of benzene rings is 1. The second-order valence-corrected chi connectivity index (χ2v) is 6.73. The second kappa shape index (κ2) is 11.2. The van der Waals surface area contributed by atoms with Crippen LogP contribution in [0.3, 0.4) is 0 Å². The molecule has 25 heavy (non-hydrogen) atoms. The molecule has 1 fully saturated rings. The highest BCUT2D eigenvalue weighted by Gasteiger charge is 2.14. The van der Waals surface area contributed by atoms with Crippen LogP contribution < -0.4 is 4.74 Å². The summed E-state index contributed by atoms with van der Waals surface area (Å²) in [4.78, 5) is 20.7. The number of rotatable bonds is 5. The van der Waals surface area contributed by atoms with Gasteiger partial charge in [0.1, 0.15) is 5.75 Å². The number of piperidine rings is 1. The van der Waals surface area contributed by atoms with Gasteiger partial charge < -0.3 is 19.8 Å². The Balaban J connectivity index is 0.000000450. The van der Waals surface area contributed by atoms with Crippen LogP contribution in [0.25, 0.3) is 0 Å². The number of hydrogen-bond donors (Lipinski definition) is 2. The number of likely N-dealkylation sites (tertiary alicyclic amines) is 1. The molecule has 0 aliphatic carbocycles. The summed E-state index contributed by atoms with van der Waals surface area (Å²) in [7, 11) is 0. The van der Waals surface area contributed by atoms with Crippen LogP contribution >= 0.6 is 23.2 Å². The van der Waals surface area contributed by atoms with E-state index >= 15 is 0 Å². The number of nitrogens with zero attached hydrogens (tertiary/aromatic N) is 1. The molecule has 1 aromatic rings. The Kier molecular flexibility index (Phi) is 9.63. The lowest BCUT2D eigenvalue weighted by Gasteiger charge is -2.30. The predicted octanol–water partition coefficient (Wildman–Crippen LogP) is 3.65. The number of carboxylic acids is 2. The summed E-state index contributed by atoms with van der Waals surface area (Å²) in [6, 6.07) is 5.40. The zero-order valence-corrected chi connectivity index (χ0v) is 15.6. The first-order valence-corrected chi connectivity index (χ1v) is 8.81. The van der Waals surface area contributed by atoms with Crippen molar-refractivity contribution < 1.29 is 24.5 Å². The van der Waals surface area contributed by atoms with Crippen molar-refractivity contribution in [3.8, 4) is 5.75 Å². The number of hydrogen-bond acceptors (Lipinski definition) is 4. The Morgan fingerprint density at radius 3 is 2.28 bits per heavy atom. The summed E-state index contributed by atoms with van der Waals surface area (Å²) in [6.07, 6.45) is 3.70. The van der Waals surface area contributed by atoms with Crippen LogP contribution in [0.4, 0.5) is 0 Å². The molecule has 0 unspecified atom stereocenters. The van der Waals surface area contributed by atoms with Gasteiger partial charge in [-0.25, -0.2) is 9.59 Å². The van der Waals surface area contributed by atoms with E-state index in [1.165, 1.54) is 25.9 Å². The van der Waals surface area contributed by atoms with Crippen LogP contribution in [-0.4, -0.2) is 53.3 Å². The molecule has 0 atom stereocenters. The van der Waals surface area contributed by atoms with Crippen LogP contribution in [0.1, 0.15) is 26.2 Å². The van der Waals surface area contributed by atoms with Crippen molar-refractivity contribution in [2.75, 3.05) is 26.2 Å². The van der Waals surface area contributed by atoms with Gasteiger partial charge in [0.25, 0.3) is 0 Å². The summed E-state index contributed by atoms with van der Waals surface area (Å²) in [5.74, 6) is -1.96. The van der Waals surface area contributed by atoms with Gasteiger partial charge >= 0.3 is 11.9 Å². The van der Waals surface area contributed by atoms with E-state index < -0.39 is 11.9 Å². The Bertz CT molecular complexity index is 562. The Morgan fingerprint density at radius 2 is 1.76 bits per heavy atom. The van der Waals surface area contributed by atoms with Gasteiger partial charge in [0.05, 0.1) is 16.7 Å². The maximum Gasteiger partial charge on any atom is 0.414 e. The minimum Gasteiger partial charge on any atom is -0.493 e. The van der Waals surface area contributed by atoms with E-state index in [1.807, 2.05) is 6.07 Å². The lowest BCUT2D eigenvalue weighted by molar-refractivity contribution is -0.159. The molecule has 0 amide bonds. The van der Waals surface area contributed by atoms with E-state index in [9.17, 15) is 0 Å². The summed E-state index contributed by atoms with van der Waals surface area (Å²) >= 11 is 11.8. The van der Waals surface area contributed by atoms with Gasteiger partial charge in [0, 0.05) is 12.6 Å². The Labute approximate surface area is 157 Å². The monoisotopic (exact) mass is 391 g/mol. The first-order chi connectivity index (χ1) is 11.8. The fraction of sp³-hybridized carbons (Fsp3) is 0.529. The fourth-order valence-electron chi connectivity index (χ4n) is 2.33. The zero-order chi connectivity index (χ0) is 18.8. The number of ether oxygens (including phenoxy) is 1. The van der Waals surface area contributed by atoms with Gasteiger partial charge in [-0.3, -0.25) is 0 Å². The standard InChI is InChI=1S/C15H21Cl2NO.C2H2O4/c1-12-5-8-18(9-6-12)7-2-10-19-13-3-4-14(16)15(17)11-13;3-1(4)2(5)6/h3-4,11-12H,2,5-10H2,1H3;(H,3,4)(H,5,6). The molecule has 0 bridgehead atoms. The van der Waals surface area contributed by atoms with E-state index in [-0.39, 0.29) is 0 Å². The lowest BCUT2D eigenvalue weighted by Crippen LogP contribution is -2.34. The smallest absolute Gasteiger partial charge is 0.414 e. The largest absolute Gasteiger partial charge is 0.493 e. The van der Waals surface area contributed by atoms with Crippen molar-refractivity contribution in [3.05, 3.63) is 28.2 Å². The van der Waals surface area contributed by atoms with Crippen molar-refractivity contribution >= 4 is 35.1 Å². The zero-order valence-electron chi connectivity index (χ0n) is 14.1. The minimum atomic E-state index is -1.82. The molecule has 0 radical (unpaired) electrons. The van der Waals surface area contributed by atoms with Gasteiger partial charge in [0.2, 0.25) is 0 Å². The topological polar surface area (TPSA) is 87.1 Å². The van der Waals surface area contributed by atoms with Crippen molar-refractivity contribution in [1.29, 1.82) is 0 Å². The van der Waals surface area contributed by atoms with E-state index in [4.69, 9.17) is 47.7 Å². The number of aliphatic carboxylic acids is 2. The Hall–Kier alpha value is -1.50. The van der Waals surface area contributed by atoms with Crippen LogP contribution in [0.15, 0.2) is 18.2 Å². The molecule has 2 N–H and O–H groups in total. The van der Waals surface area contributed by atoms with Gasteiger partial charge in [-0.05, 0) is 50.4 Å². The number of carboxylic acid groups (broad SMARTS) is 2. The first-order valence-electron chi connectivity index (χ1n) is 8.06. The molecule has 0 saturated carbocycles. The van der Waals surface area contributed by atoms with Crippen LogP contribution in [0, 0.1) is 5.92 Å². The van der Waals surface area contributed by atoms with Crippen LogP contribution in [0.5, 0.6) is 5.75 Å². The number of carbonyl (C=O) groups is 2. The third-order valence-corrected chi connectivity index (χ3v) is 4.58. The average molecular weight is 392 g/mol. The van der Waals surface area contributed by atoms with Crippen LogP contribution in [0.2, 0.25) is 10.0 Å². The summed E-state index contributed by atoms with van der Waals surface area (Å²) in [6.45, 7) is 6.64. The molecule has 1 saturated heterocycles. The van der Waals surface area contributed by atoms with Gasteiger partial charge in [-0.2, -0.15) is 0 Å². The quantitative estimate of drug-likeness (QED) is 0.588. The normalized spacial score (nSPS) is 15.2. The highest BCUT2D eigenvalue weighted by Crippen LogP contribution is 2.26. The molecule has 2 rings (SSSR count). The molecule has 0 spiro atoms. The SMILES string of the molecule is CC1CCN(CCCOc2ccc(Cl)c(Cl)c2)CC1.O=C(O)C(=O)O. The van der Waals surface area contributed by atoms with Gasteiger partial charge in [-0.15, -0.1) is 0 Å². The van der Waals surface area contributed by atoms with E-state index in [1.54, 1.807) is 12.1 Å².